The van der Waals surface area contributed by atoms with Crippen molar-refractivity contribution in [3.8, 4) is 0 Å². The third-order valence-electron chi connectivity index (χ3n) is 3.57. The van der Waals surface area contributed by atoms with E-state index in [0.29, 0.717) is 6.54 Å². The van der Waals surface area contributed by atoms with Crippen LogP contribution in [0.25, 0.3) is 0 Å². The molecule has 0 atom stereocenters. The highest BCUT2D eigenvalue weighted by Crippen LogP contribution is 2.48. The Morgan fingerprint density at radius 3 is 2.79 bits per heavy atom. The smallest absolute Gasteiger partial charge is 0.231 e. The lowest BCUT2D eigenvalue weighted by Gasteiger charge is -2.15. The van der Waals surface area contributed by atoms with Crippen LogP contribution >= 0.6 is 15.9 Å². The van der Waals surface area contributed by atoms with Gasteiger partial charge in [0, 0.05) is 4.47 Å². The van der Waals surface area contributed by atoms with E-state index < -0.39 is 0 Å². The van der Waals surface area contributed by atoms with Gasteiger partial charge >= 0.3 is 0 Å². The van der Waals surface area contributed by atoms with Crippen molar-refractivity contribution >= 4 is 21.8 Å². The highest BCUT2D eigenvalue weighted by atomic mass is 79.9. The molecule has 1 saturated carbocycles. The van der Waals surface area contributed by atoms with E-state index in [1.807, 2.05) is 36.4 Å². The lowest BCUT2D eigenvalue weighted by Crippen LogP contribution is -2.34. The van der Waals surface area contributed by atoms with Crippen molar-refractivity contribution in [2.75, 3.05) is 0 Å². The Morgan fingerprint density at radius 2 is 2.16 bits per heavy atom. The molecule has 1 aliphatic carbocycles. The molecular formula is C15H14BrNO2. The Bertz CT molecular complexity index is 588. The molecule has 0 spiro atoms. The summed E-state index contributed by atoms with van der Waals surface area (Å²) in [6.07, 6.45) is 3.43. The van der Waals surface area contributed by atoms with Gasteiger partial charge in [0.25, 0.3) is 0 Å². The second kappa shape index (κ2) is 4.85. The van der Waals surface area contributed by atoms with Gasteiger partial charge in [-0.2, -0.15) is 0 Å². The number of carbonyl (C=O) groups is 1. The van der Waals surface area contributed by atoms with Gasteiger partial charge in [-0.15, -0.1) is 0 Å². The Kier molecular flexibility index (Phi) is 3.19. The molecule has 3 nitrogen and oxygen atoms in total. The fraction of sp³-hybridized carbons (Fsp3) is 0.267. The van der Waals surface area contributed by atoms with Crippen LogP contribution in [0.15, 0.2) is 51.6 Å². The van der Waals surface area contributed by atoms with Crippen molar-refractivity contribution in [3.63, 3.8) is 0 Å². The standard InChI is InChI=1S/C15H14BrNO2/c16-12-4-1-3-11(9-12)15(6-7-15)14(18)17-10-13-5-2-8-19-13/h1-5,8-9H,6-7,10H2,(H,17,18). The average molecular weight is 320 g/mol. The Hall–Kier alpha value is -1.55. The predicted molar refractivity (Wildman–Crippen MR) is 75.6 cm³/mol. The Morgan fingerprint density at radius 1 is 1.32 bits per heavy atom. The number of benzene rings is 1. The van der Waals surface area contributed by atoms with Crippen LogP contribution in [-0.2, 0) is 16.8 Å². The average Bonchev–Trinajstić information content (AvgIpc) is 3.06. The molecule has 1 aromatic carbocycles. The summed E-state index contributed by atoms with van der Waals surface area (Å²) in [5, 5.41) is 2.96. The van der Waals surface area contributed by atoms with Crippen molar-refractivity contribution in [2.45, 2.75) is 24.8 Å². The molecule has 1 N–H and O–H groups in total. The number of carbonyl (C=O) groups excluding carboxylic acids is 1. The molecule has 1 aromatic heterocycles. The monoisotopic (exact) mass is 319 g/mol. The summed E-state index contributed by atoms with van der Waals surface area (Å²) in [5.41, 5.74) is 0.745. The van der Waals surface area contributed by atoms with Crippen molar-refractivity contribution in [3.05, 3.63) is 58.5 Å². The molecule has 0 aliphatic heterocycles. The molecular weight excluding hydrogens is 306 g/mol. The number of halogens is 1. The fourth-order valence-corrected chi connectivity index (χ4v) is 2.71. The second-order valence-corrected chi connectivity index (χ2v) is 5.77. The molecule has 19 heavy (non-hydrogen) atoms. The van der Waals surface area contributed by atoms with Gasteiger partial charge in [0.2, 0.25) is 5.91 Å². The maximum absolute atomic E-state index is 12.4. The van der Waals surface area contributed by atoms with Crippen molar-refractivity contribution in [1.29, 1.82) is 0 Å². The largest absolute Gasteiger partial charge is 0.467 e. The molecule has 98 valence electrons. The normalized spacial score (nSPS) is 16.1. The number of amides is 1. The minimum absolute atomic E-state index is 0.0852. The molecule has 1 fully saturated rings. The van der Waals surface area contributed by atoms with E-state index in [1.165, 1.54) is 0 Å². The lowest BCUT2D eigenvalue weighted by molar-refractivity contribution is -0.123. The van der Waals surface area contributed by atoms with Gasteiger partial charge in [-0.25, -0.2) is 0 Å². The summed E-state index contributed by atoms with van der Waals surface area (Å²) in [6.45, 7) is 0.446. The van der Waals surface area contributed by atoms with Gasteiger partial charge in [0.1, 0.15) is 5.76 Å². The molecule has 3 rings (SSSR count). The summed E-state index contributed by atoms with van der Waals surface area (Å²) in [6, 6.07) is 11.7. The molecule has 1 heterocycles. The van der Waals surface area contributed by atoms with E-state index >= 15 is 0 Å². The Labute approximate surface area is 120 Å². The minimum atomic E-state index is -0.337. The zero-order valence-electron chi connectivity index (χ0n) is 10.4. The second-order valence-electron chi connectivity index (χ2n) is 4.85. The van der Waals surface area contributed by atoms with E-state index in [9.17, 15) is 4.79 Å². The molecule has 2 aromatic rings. The van der Waals surface area contributed by atoms with Crippen molar-refractivity contribution in [1.82, 2.24) is 5.32 Å². The third-order valence-corrected chi connectivity index (χ3v) is 4.06. The van der Waals surface area contributed by atoms with Crippen LogP contribution in [0.5, 0.6) is 0 Å². The summed E-state index contributed by atoms with van der Waals surface area (Å²) < 4.78 is 6.23. The topological polar surface area (TPSA) is 42.2 Å². The SMILES string of the molecule is O=C(NCc1ccco1)C1(c2cccc(Br)c2)CC1. The summed E-state index contributed by atoms with van der Waals surface area (Å²) >= 11 is 3.46. The molecule has 0 radical (unpaired) electrons. The molecule has 0 saturated heterocycles. The van der Waals surface area contributed by atoms with Crippen LogP contribution in [0.3, 0.4) is 0 Å². The van der Waals surface area contributed by atoms with Gasteiger partial charge in [0.15, 0.2) is 0 Å². The molecule has 0 unspecified atom stereocenters. The number of hydrogen-bond acceptors (Lipinski definition) is 2. The van der Waals surface area contributed by atoms with Crippen LogP contribution < -0.4 is 5.32 Å². The summed E-state index contributed by atoms with van der Waals surface area (Å²) in [4.78, 5) is 12.4. The quantitative estimate of drug-likeness (QED) is 0.938. The first-order chi connectivity index (χ1) is 9.21. The van der Waals surface area contributed by atoms with Crippen molar-refractivity contribution in [2.24, 2.45) is 0 Å². The van der Waals surface area contributed by atoms with Gasteiger partial charge in [-0.05, 0) is 42.7 Å². The first-order valence-electron chi connectivity index (χ1n) is 6.27. The molecule has 1 aliphatic rings. The molecule has 1 amide bonds. The van der Waals surface area contributed by atoms with E-state index in [0.717, 1.165) is 28.6 Å². The van der Waals surface area contributed by atoms with E-state index in [-0.39, 0.29) is 11.3 Å². The number of hydrogen-bond donors (Lipinski definition) is 1. The highest BCUT2D eigenvalue weighted by Gasteiger charge is 2.51. The van der Waals surface area contributed by atoms with Crippen LogP contribution in [0.2, 0.25) is 0 Å². The van der Waals surface area contributed by atoms with E-state index in [1.54, 1.807) is 6.26 Å². The van der Waals surface area contributed by atoms with Crippen LogP contribution in [0.1, 0.15) is 24.2 Å². The number of nitrogens with one attached hydrogen (secondary N) is 1. The third kappa shape index (κ3) is 2.45. The van der Waals surface area contributed by atoms with Gasteiger partial charge < -0.3 is 9.73 Å². The van der Waals surface area contributed by atoms with Crippen LogP contribution in [-0.4, -0.2) is 5.91 Å². The first-order valence-corrected chi connectivity index (χ1v) is 7.07. The highest BCUT2D eigenvalue weighted by molar-refractivity contribution is 9.10. The predicted octanol–water partition coefficient (Wildman–Crippen LogP) is 3.39. The maximum atomic E-state index is 12.4. The molecule has 4 heteroatoms. The summed E-state index contributed by atoms with van der Waals surface area (Å²) in [7, 11) is 0. The minimum Gasteiger partial charge on any atom is -0.467 e. The zero-order chi connectivity index (χ0) is 13.3. The molecule has 0 bridgehead atoms. The maximum Gasteiger partial charge on any atom is 0.231 e. The number of furan rings is 1. The van der Waals surface area contributed by atoms with Gasteiger partial charge in [-0.1, -0.05) is 28.1 Å². The summed E-state index contributed by atoms with van der Waals surface area (Å²) in [5.74, 6) is 0.861. The Balaban J connectivity index is 1.72. The fourth-order valence-electron chi connectivity index (χ4n) is 2.31. The zero-order valence-corrected chi connectivity index (χ0v) is 11.9. The first kappa shape index (κ1) is 12.5. The lowest BCUT2D eigenvalue weighted by atomic mass is 9.95. The van der Waals surface area contributed by atoms with Crippen LogP contribution in [0, 0.1) is 0 Å². The van der Waals surface area contributed by atoms with Crippen LogP contribution in [0.4, 0.5) is 0 Å². The van der Waals surface area contributed by atoms with E-state index in [2.05, 4.69) is 21.2 Å². The number of rotatable bonds is 4. The van der Waals surface area contributed by atoms with E-state index in [4.69, 9.17) is 4.42 Å². The van der Waals surface area contributed by atoms with Gasteiger partial charge in [-0.3, -0.25) is 4.79 Å². The van der Waals surface area contributed by atoms with Crippen molar-refractivity contribution < 1.29 is 9.21 Å². The van der Waals surface area contributed by atoms with Gasteiger partial charge in [0.05, 0.1) is 18.2 Å².